The molecule has 0 spiro atoms. The lowest BCUT2D eigenvalue weighted by Gasteiger charge is -2.03. The van der Waals surface area contributed by atoms with E-state index < -0.39 is 0 Å². The molecular formula is C11H8N2O. The fraction of sp³-hybridized carbons (Fsp3) is 0. The second kappa shape index (κ2) is 3.87. The molecule has 0 atom stereocenters. The molecule has 0 bridgehead atoms. The Hall–Kier alpha value is -1.90. The summed E-state index contributed by atoms with van der Waals surface area (Å²) >= 11 is 0. The third-order valence-corrected chi connectivity index (χ3v) is 1.60. The van der Waals surface area contributed by atoms with E-state index >= 15 is 0 Å². The predicted octanol–water partition coefficient (Wildman–Crippen LogP) is 2.33. The molecule has 0 saturated heterocycles. The Labute approximate surface area is 82.4 Å². The van der Waals surface area contributed by atoms with Crippen LogP contribution < -0.4 is 4.74 Å². The molecule has 0 aliphatic rings. The number of para-hydroxylation sites is 1. The number of rotatable bonds is 2. The molecule has 68 valence electrons. The van der Waals surface area contributed by atoms with Crippen molar-refractivity contribution in [2.24, 2.45) is 0 Å². The van der Waals surface area contributed by atoms with Gasteiger partial charge in [-0.1, -0.05) is 18.2 Å². The van der Waals surface area contributed by atoms with Gasteiger partial charge in [-0.3, -0.25) is 4.98 Å². The van der Waals surface area contributed by atoms with Gasteiger partial charge in [0.05, 0.1) is 11.9 Å². The summed E-state index contributed by atoms with van der Waals surface area (Å²) in [5.74, 6) is 1.11. The van der Waals surface area contributed by atoms with Crippen molar-refractivity contribution in [2.75, 3.05) is 0 Å². The number of hydrogen-bond donors (Lipinski definition) is 0. The number of nitrogens with zero attached hydrogens (tertiary/aromatic N) is 2. The number of aromatic nitrogens is 2. The van der Waals surface area contributed by atoms with Crippen LogP contribution in [0.15, 0.2) is 42.7 Å². The number of benzene rings is 1. The lowest BCUT2D eigenvalue weighted by molar-refractivity contribution is 0.459. The van der Waals surface area contributed by atoms with Crippen LogP contribution >= 0.6 is 0 Å². The Kier molecular flexibility index (Phi) is 2.40. The normalized spacial score (nSPS) is 9.79. The van der Waals surface area contributed by atoms with Crippen LogP contribution in [0.4, 0.5) is 0 Å². The maximum absolute atomic E-state index is 5.46. The summed E-state index contributed by atoms with van der Waals surface area (Å²) < 4.78 is 5.41. The molecule has 0 N–H and O–H groups in total. The van der Waals surface area contributed by atoms with E-state index in [0.717, 1.165) is 0 Å². The fourth-order valence-corrected chi connectivity index (χ4v) is 1.02. The highest BCUT2D eigenvalue weighted by atomic mass is 16.5. The minimum Gasteiger partial charge on any atom is -0.437 e. The van der Waals surface area contributed by atoms with Crippen LogP contribution in [0.25, 0.3) is 0 Å². The van der Waals surface area contributed by atoms with E-state index in [1.165, 1.54) is 12.4 Å². The Bertz CT molecular complexity index is 415. The molecule has 0 aliphatic carbocycles. The smallest absolute Gasteiger partial charge is 0.238 e. The zero-order valence-electron chi connectivity index (χ0n) is 7.42. The third kappa shape index (κ3) is 2.07. The van der Waals surface area contributed by atoms with Crippen LogP contribution in [0.1, 0.15) is 5.69 Å². The van der Waals surface area contributed by atoms with Crippen molar-refractivity contribution in [3.63, 3.8) is 0 Å². The topological polar surface area (TPSA) is 35.0 Å². The summed E-state index contributed by atoms with van der Waals surface area (Å²) in [6.45, 7) is 5.46. The molecule has 2 radical (unpaired) electrons. The molecule has 0 unspecified atom stereocenters. The molecule has 1 heterocycles. The minimum atomic E-state index is 0.346. The first-order chi connectivity index (χ1) is 6.84. The highest BCUT2D eigenvalue weighted by molar-refractivity contribution is 5.25. The Balaban J connectivity index is 2.19. The van der Waals surface area contributed by atoms with Gasteiger partial charge in [-0.05, 0) is 12.1 Å². The van der Waals surface area contributed by atoms with E-state index in [-0.39, 0.29) is 0 Å². The molecule has 1 aromatic heterocycles. The van der Waals surface area contributed by atoms with Crippen molar-refractivity contribution in [1.29, 1.82) is 0 Å². The standard InChI is InChI=1S/C11H8N2O/c1-9-7-12-8-11(13-9)14-10-5-3-2-4-6-10/h1-8H. The van der Waals surface area contributed by atoms with E-state index in [4.69, 9.17) is 11.7 Å². The summed E-state index contributed by atoms with van der Waals surface area (Å²) in [5.41, 5.74) is 0.346. The summed E-state index contributed by atoms with van der Waals surface area (Å²) in [5, 5.41) is 0. The number of ether oxygens (including phenoxy) is 1. The zero-order chi connectivity index (χ0) is 9.80. The van der Waals surface area contributed by atoms with Crippen LogP contribution in [-0.4, -0.2) is 9.97 Å². The first-order valence-corrected chi connectivity index (χ1v) is 4.15. The van der Waals surface area contributed by atoms with Crippen molar-refractivity contribution in [3.05, 3.63) is 55.3 Å². The van der Waals surface area contributed by atoms with Gasteiger partial charge in [0.15, 0.2) is 0 Å². The van der Waals surface area contributed by atoms with Gasteiger partial charge in [0, 0.05) is 13.1 Å². The first-order valence-electron chi connectivity index (χ1n) is 4.15. The summed E-state index contributed by atoms with van der Waals surface area (Å²) in [6.07, 6.45) is 2.99. The monoisotopic (exact) mass is 184 g/mol. The highest BCUT2D eigenvalue weighted by Crippen LogP contribution is 2.17. The zero-order valence-corrected chi connectivity index (χ0v) is 7.42. The average Bonchev–Trinajstić information content (AvgIpc) is 2.19. The van der Waals surface area contributed by atoms with Crippen LogP contribution in [0, 0.1) is 6.92 Å². The van der Waals surface area contributed by atoms with Gasteiger partial charge in [-0.2, -0.15) is 0 Å². The minimum absolute atomic E-state index is 0.346. The Morgan fingerprint density at radius 1 is 1.07 bits per heavy atom. The molecule has 2 aromatic rings. The van der Waals surface area contributed by atoms with Gasteiger partial charge < -0.3 is 4.74 Å². The lowest BCUT2D eigenvalue weighted by Crippen LogP contribution is -1.90. The van der Waals surface area contributed by atoms with Gasteiger partial charge in [-0.25, -0.2) is 4.98 Å². The Morgan fingerprint density at radius 3 is 2.57 bits per heavy atom. The maximum Gasteiger partial charge on any atom is 0.238 e. The molecule has 0 fully saturated rings. The van der Waals surface area contributed by atoms with Crippen LogP contribution in [0.2, 0.25) is 0 Å². The Morgan fingerprint density at radius 2 is 1.86 bits per heavy atom. The first kappa shape index (κ1) is 8.69. The summed E-state index contributed by atoms with van der Waals surface area (Å²) in [6, 6.07) is 9.36. The van der Waals surface area contributed by atoms with Crippen molar-refractivity contribution in [1.82, 2.24) is 9.97 Å². The second-order valence-corrected chi connectivity index (χ2v) is 2.70. The molecule has 1 aromatic carbocycles. The molecule has 0 aliphatic heterocycles. The van der Waals surface area contributed by atoms with E-state index in [1.54, 1.807) is 0 Å². The SMILES string of the molecule is [CH]c1cncc(Oc2ccccc2)n1. The summed E-state index contributed by atoms with van der Waals surface area (Å²) in [4.78, 5) is 7.83. The van der Waals surface area contributed by atoms with Crippen molar-refractivity contribution in [3.8, 4) is 11.6 Å². The summed E-state index contributed by atoms with van der Waals surface area (Å²) in [7, 11) is 0. The van der Waals surface area contributed by atoms with Gasteiger partial charge in [0.2, 0.25) is 5.88 Å². The van der Waals surface area contributed by atoms with E-state index in [1.807, 2.05) is 30.3 Å². The van der Waals surface area contributed by atoms with Gasteiger partial charge in [0.25, 0.3) is 0 Å². The quantitative estimate of drug-likeness (QED) is 0.718. The fourth-order valence-electron chi connectivity index (χ4n) is 1.02. The molecular weight excluding hydrogens is 176 g/mol. The van der Waals surface area contributed by atoms with Gasteiger partial charge >= 0.3 is 0 Å². The maximum atomic E-state index is 5.46. The average molecular weight is 184 g/mol. The van der Waals surface area contributed by atoms with E-state index in [9.17, 15) is 0 Å². The molecule has 3 heteroatoms. The predicted molar refractivity (Wildman–Crippen MR) is 52.0 cm³/mol. The van der Waals surface area contributed by atoms with E-state index in [2.05, 4.69) is 9.97 Å². The van der Waals surface area contributed by atoms with Crippen LogP contribution in [0.5, 0.6) is 11.6 Å². The molecule has 0 amide bonds. The second-order valence-electron chi connectivity index (χ2n) is 2.70. The lowest BCUT2D eigenvalue weighted by atomic mass is 10.3. The highest BCUT2D eigenvalue weighted by Gasteiger charge is 1.97. The molecule has 14 heavy (non-hydrogen) atoms. The van der Waals surface area contributed by atoms with Gasteiger partial charge in [-0.15, -0.1) is 0 Å². The molecule has 3 nitrogen and oxygen atoms in total. The largest absolute Gasteiger partial charge is 0.437 e. The van der Waals surface area contributed by atoms with Crippen molar-refractivity contribution in [2.45, 2.75) is 0 Å². The molecule has 2 rings (SSSR count). The number of hydrogen-bond acceptors (Lipinski definition) is 3. The van der Waals surface area contributed by atoms with Crippen LogP contribution in [0.3, 0.4) is 0 Å². The van der Waals surface area contributed by atoms with Crippen LogP contribution in [-0.2, 0) is 0 Å². The van der Waals surface area contributed by atoms with Crippen molar-refractivity contribution >= 4 is 0 Å². The third-order valence-electron chi connectivity index (χ3n) is 1.60. The molecule has 0 saturated carbocycles. The van der Waals surface area contributed by atoms with Gasteiger partial charge in [0.1, 0.15) is 5.75 Å². The van der Waals surface area contributed by atoms with E-state index in [0.29, 0.717) is 17.3 Å². The van der Waals surface area contributed by atoms with Crippen molar-refractivity contribution < 1.29 is 4.74 Å².